The average Bonchev–Trinajstić information content (AvgIpc) is 3.00. The van der Waals surface area contributed by atoms with Gasteiger partial charge >= 0.3 is 0 Å². The molecule has 2 aromatic rings. The second-order valence-corrected chi connectivity index (χ2v) is 5.23. The van der Waals surface area contributed by atoms with Crippen LogP contribution < -0.4 is 10.6 Å². The minimum atomic E-state index is 0.318. The van der Waals surface area contributed by atoms with E-state index >= 15 is 0 Å². The van der Waals surface area contributed by atoms with E-state index in [2.05, 4.69) is 34.4 Å². The van der Waals surface area contributed by atoms with Crippen molar-refractivity contribution in [3.63, 3.8) is 0 Å². The standard InChI is InChI=1S/C16H24N4O/c1-5-14-19-15(17-4)12(3)16(20-14)18-11(2)8-9-13-7-6-10-21-13/h6-7,10-11H,5,8-9H2,1-4H3,(H2,17,18,19,20). The highest BCUT2D eigenvalue weighted by Gasteiger charge is 2.12. The molecule has 5 heteroatoms. The molecule has 0 radical (unpaired) electrons. The lowest BCUT2D eigenvalue weighted by molar-refractivity contribution is 0.494. The summed E-state index contributed by atoms with van der Waals surface area (Å²) >= 11 is 0. The van der Waals surface area contributed by atoms with Crippen molar-refractivity contribution in [2.75, 3.05) is 17.7 Å². The molecule has 0 aliphatic heterocycles. The van der Waals surface area contributed by atoms with E-state index in [1.54, 1.807) is 6.26 Å². The Kier molecular flexibility index (Phi) is 5.20. The van der Waals surface area contributed by atoms with Crippen LogP contribution in [0.3, 0.4) is 0 Å². The van der Waals surface area contributed by atoms with Gasteiger partial charge in [0.2, 0.25) is 0 Å². The van der Waals surface area contributed by atoms with Crippen LogP contribution >= 0.6 is 0 Å². The third-order valence-electron chi connectivity index (χ3n) is 3.53. The average molecular weight is 288 g/mol. The van der Waals surface area contributed by atoms with Crippen molar-refractivity contribution in [1.82, 2.24) is 9.97 Å². The van der Waals surface area contributed by atoms with E-state index in [1.165, 1.54) is 0 Å². The number of anilines is 2. The van der Waals surface area contributed by atoms with Gasteiger partial charge in [0, 0.05) is 31.5 Å². The highest BCUT2D eigenvalue weighted by Crippen LogP contribution is 2.21. The van der Waals surface area contributed by atoms with Crippen molar-refractivity contribution in [2.45, 2.75) is 46.1 Å². The van der Waals surface area contributed by atoms with Crippen LogP contribution in [0.2, 0.25) is 0 Å². The van der Waals surface area contributed by atoms with E-state index in [9.17, 15) is 0 Å². The molecule has 1 atom stereocenters. The molecule has 0 amide bonds. The van der Waals surface area contributed by atoms with Crippen molar-refractivity contribution in [2.24, 2.45) is 0 Å². The van der Waals surface area contributed by atoms with E-state index in [-0.39, 0.29) is 0 Å². The van der Waals surface area contributed by atoms with Gasteiger partial charge in [-0.2, -0.15) is 0 Å². The second kappa shape index (κ2) is 7.11. The molecule has 114 valence electrons. The lowest BCUT2D eigenvalue weighted by Crippen LogP contribution is -2.19. The molecule has 1 unspecified atom stereocenters. The third kappa shape index (κ3) is 3.97. The predicted octanol–water partition coefficient (Wildman–Crippen LogP) is 3.42. The molecule has 0 bridgehead atoms. The maximum atomic E-state index is 5.37. The minimum Gasteiger partial charge on any atom is -0.469 e. The summed E-state index contributed by atoms with van der Waals surface area (Å²) in [4.78, 5) is 9.09. The molecule has 5 nitrogen and oxygen atoms in total. The fraction of sp³-hybridized carbons (Fsp3) is 0.500. The number of nitrogens with one attached hydrogen (secondary N) is 2. The smallest absolute Gasteiger partial charge is 0.134 e. The Labute approximate surface area is 126 Å². The maximum Gasteiger partial charge on any atom is 0.134 e. The molecule has 0 aromatic carbocycles. The first kappa shape index (κ1) is 15.4. The number of rotatable bonds is 7. The van der Waals surface area contributed by atoms with E-state index in [1.807, 2.05) is 26.1 Å². The van der Waals surface area contributed by atoms with E-state index in [0.29, 0.717) is 6.04 Å². The number of aryl methyl sites for hydroxylation is 2. The zero-order chi connectivity index (χ0) is 15.2. The number of hydrogen-bond donors (Lipinski definition) is 2. The van der Waals surface area contributed by atoms with Crippen LogP contribution in [0.25, 0.3) is 0 Å². The Morgan fingerprint density at radius 2 is 2.05 bits per heavy atom. The summed E-state index contributed by atoms with van der Waals surface area (Å²) in [7, 11) is 1.89. The van der Waals surface area contributed by atoms with Gasteiger partial charge in [-0.1, -0.05) is 6.92 Å². The molecular formula is C16H24N4O. The van der Waals surface area contributed by atoms with Crippen LogP contribution in [0.4, 0.5) is 11.6 Å². The van der Waals surface area contributed by atoms with Gasteiger partial charge in [0.25, 0.3) is 0 Å². The molecule has 0 saturated carbocycles. The number of aromatic nitrogens is 2. The topological polar surface area (TPSA) is 63.0 Å². The van der Waals surface area contributed by atoms with E-state index in [4.69, 9.17) is 4.42 Å². The first-order valence-electron chi connectivity index (χ1n) is 7.48. The quantitative estimate of drug-likeness (QED) is 0.817. The Balaban J connectivity index is 2.03. The molecule has 2 aromatic heterocycles. The van der Waals surface area contributed by atoms with Crippen LogP contribution in [0.1, 0.15) is 37.4 Å². The monoisotopic (exact) mass is 288 g/mol. The van der Waals surface area contributed by atoms with Gasteiger partial charge in [0.15, 0.2) is 0 Å². The summed E-state index contributed by atoms with van der Waals surface area (Å²) in [5.74, 6) is 3.68. The van der Waals surface area contributed by atoms with Gasteiger partial charge in [-0.15, -0.1) is 0 Å². The summed E-state index contributed by atoms with van der Waals surface area (Å²) < 4.78 is 5.37. The maximum absolute atomic E-state index is 5.37. The highest BCUT2D eigenvalue weighted by atomic mass is 16.3. The lowest BCUT2D eigenvalue weighted by atomic mass is 10.1. The van der Waals surface area contributed by atoms with E-state index in [0.717, 1.165) is 48.0 Å². The van der Waals surface area contributed by atoms with Crippen molar-refractivity contribution >= 4 is 11.6 Å². The number of hydrogen-bond acceptors (Lipinski definition) is 5. The third-order valence-corrected chi connectivity index (χ3v) is 3.53. The van der Waals surface area contributed by atoms with Crippen molar-refractivity contribution < 1.29 is 4.42 Å². The van der Waals surface area contributed by atoms with Crippen molar-refractivity contribution in [3.8, 4) is 0 Å². The van der Waals surface area contributed by atoms with Crippen LogP contribution in [0.15, 0.2) is 22.8 Å². The predicted molar refractivity (Wildman–Crippen MR) is 85.8 cm³/mol. The van der Waals surface area contributed by atoms with Crippen LogP contribution in [-0.4, -0.2) is 23.1 Å². The summed E-state index contributed by atoms with van der Waals surface area (Å²) in [5.41, 5.74) is 1.06. The van der Waals surface area contributed by atoms with Gasteiger partial charge in [-0.05, 0) is 32.4 Å². The normalized spacial score (nSPS) is 12.2. The molecule has 0 aliphatic carbocycles. The lowest BCUT2D eigenvalue weighted by Gasteiger charge is -2.18. The van der Waals surface area contributed by atoms with Crippen LogP contribution in [0.5, 0.6) is 0 Å². The highest BCUT2D eigenvalue weighted by molar-refractivity contribution is 5.57. The summed E-state index contributed by atoms with van der Waals surface area (Å²) in [6.45, 7) is 6.26. The van der Waals surface area contributed by atoms with Crippen LogP contribution in [0, 0.1) is 6.92 Å². The largest absolute Gasteiger partial charge is 0.469 e. The molecular weight excluding hydrogens is 264 g/mol. The molecule has 2 heterocycles. The Hall–Kier alpha value is -2.04. The van der Waals surface area contributed by atoms with E-state index < -0.39 is 0 Å². The second-order valence-electron chi connectivity index (χ2n) is 5.23. The molecule has 0 saturated heterocycles. The Bertz CT molecular complexity index is 566. The van der Waals surface area contributed by atoms with Crippen molar-refractivity contribution in [1.29, 1.82) is 0 Å². The van der Waals surface area contributed by atoms with Crippen LogP contribution in [-0.2, 0) is 12.8 Å². The minimum absolute atomic E-state index is 0.318. The molecule has 0 fully saturated rings. The summed E-state index contributed by atoms with van der Waals surface area (Å²) in [6, 6.07) is 4.25. The van der Waals surface area contributed by atoms with Gasteiger partial charge < -0.3 is 15.1 Å². The Morgan fingerprint density at radius 3 is 2.67 bits per heavy atom. The number of furan rings is 1. The summed E-state index contributed by atoms with van der Waals surface area (Å²) in [5, 5.41) is 6.62. The first-order chi connectivity index (χ1) is 10.1. The molecule has 2 rings (SSSR count). The summed E-state index contributed by atoms with van der Waals surface area (Å²) in [6.07, 6.45) is 4.46. The molecule has 0 aliphatic rings. The fourth-order valence-corrected chi connectivity index (χ4v) is 2.22. The molecule has 0 spiro atoms. The van der Waals surface area contributed by atoms with Crippen molar-refractivity contribution in [3.05, 3.63) is 35.5 Å². The Morgan fingerprint density at radius 1 is 1.29 bits per heavy atom. The molecule has 2 N–H and O–H groups in total. The zero-order valence-corrected chi connectivity index (χ0v) is 13.2. The number of nitrogens with zero attached hydrogens (tertiary/aromatic N) is 2. The van der Waals surface area contributed by atoms with Gasteiger partial charge in [-0.3, -0.25) is 0 Å². The van der Waals surface area contributed by atoms with Gasteiger partial charge in [0.05, 0.1) is 6.26 Å². The zero-order valence-electron chi connectivity index (χ0n) is 13.2. The first-order valence-corrected chi connectivity index (χ1v) is 7.48. The van der Waals surface area contributed by atoms with Gasteiger partial charge in [-0.25, -0.2) is 9.97 Å². The van der Waals surface area contributed by atoms with Gasteiger partial charge in [0.1, 0.15) is 23.2 Å². The fourth-order valence-electron chi connectivity index (χ4n) is 2.22. The molecule has 21 heavy (non-hydrogen) atoms. The SMILES string of the molecule is CCc1nc(NC)c(C)c(NC(C)CCc2ccco2)n1.